The van der Waals surface area contributed by atoms with Crippen LogP contribution in [0.2, 0.25) is 5.02 Å². The van der Waals surface area contributed by atoms with E-state index in [0.29, 0.717) is 16.3 Å². The standard InChI is InChI=1S/C19H17ClFNO4/c1-12(19(24)22-15-7-5-14(20)6-8-15)26-18(23)10-4-13-3-9-17(25-2)16(21)11-13/h3-12H,1-2H3,(H,22,24)/b10-4+/t12-/m1/s1. The molecule has 0 spiro atoms. The summed E-state index contributed by atoms with van der Waals surface area (Å²) in [5.41, 5.74) is 0.991. The van der Waals surface area contributed by atoms with Crippen molar-refractivity contribution in [2.24, 2.45) is 0 Å². The molecule has 1 amide bonds. The van der Waals surface area contributed by atoms with Gasteiger partial charge in [0.2, 0.25) is 0 Å². The number of methoxy groups -OCH3 is 1. The van der Waals surface area contributed by atoms with Crippen LogP contribution < -0.4 is 10.1 Å². The van der Waals surface area contributed by atoms with Crippen LogP contribution >= 0.6 is 11.6 Å². The molecule has 1 atom stereocenters. The first-order chi connectivity index (χ1) is 12.4. The lowest BCUT2D eigenvalue weighted by Gasteiger charge is -2.12. The number of hydrogen-bond donors (Lipinski definition) is 1. The number of halogens is 2. The number of esters is 1. The largest absolute Gasteiger partial charge is 0.494 e. The van der Waals surface area contributed by atoms with E-state index in [9.17, 15) is 14.0 Å². The fraction of sp³-hybridized carbons (Fsp3) is 0.158. The number of amides is 1. The molecule has 0 radical (unpaired) electrons. The first kappa shape index (κ1) is 19.5. The molecule has 0 aromatic heterocycles. The minimum Gasteiger partial charge on any atom is -0.494 e. The highest BCUT2D eigenvalue weighted by Crippen LogP contribution is 2.18. The van der Waals surface area contributed by atoms with Gasteiger partial charge >= 0.3 is 5.97 Å². The van der Waals surface area contributed by atoms with Crippen molar-refractivity contribution in [2.75, 3.05) is 12.4 Å². The molecule has 7 heteroatoms. The highest BCUT2D eigenvalue weighted by Gasteiger charge is 2.16. The van der Waals surface area contributed by atoms with Crippen molar-refractivity contribution in [3.63, 3.8) is 0 Å². The van der Waals surface area contributed by atoms with Crippen molar-refractivity contribution < 1.29 is 23.5 Å². The van der Waals surface area contributed by atoms with E-state index in [4.69, 9.17) is 21.1 Å². The summed E-state index contributed by atoms with van der Waals surface area (Å²) in [5.74, 6) is -1.64. The first-order valence-corrected chi connectivity index (χ1v) is 8.05. The number of benzene rings is 2. The van der Waals surface area contributed by atoms with Crippen LogP contribution in [0.5, 0.6) is 5.75 Å². The zero-order valence-corrected chi connectivity index (χ0v) is 14.9. The van der Waals surface area contributed by atoms with Crippen molar-refractivity contribution in [2.45, 2.75) is 13.0 Å². The Morgan fingerprint density at radius 3 is 2.50 bits per heavy atom. The lowest BCUT2D eigenvalue weighted by atomic mass is 10.2. The van der Waals surface area contributed by atoms with Crippen LogP contribution in [0.3, 0.4) is 0 Å². The number of hydrogen-bond acceptors (Lipinski definition) is 4. The normalized spacial score (nSPS) is 11.8. The molecule has 26 heavy (non-hydrogen) atoms. The minimum atomic E-state index is -1.00. The molecule has 2 aromatic rings. The zero-order chi connectivity index (χ0) is 19.1. The van der Waals surface area contributed by atoms with E-state index in [1.54, 1.807) is 30.3 Å². The van der Waals surface area contributed by atoms with Gasteiger partial charge in [0.1, 0.15) is 0 Å². The Morgan fingerprint density at radius 1 is 1.19 bits per heavy atom. The Labute approximate surface area is 155 Å². The predicted molar refractivity (Wildman–Crippen MR) is 97.6 cm³/mol. The summed E-state index contributed by atoms with van der Waals surface area (Å²) in [6.45, 7) is 1.45. The SMILES string of the molecule is COc1ccc(/C=C/C(=O)O[C@H](C)C(=O)Nc2ccc(Cl)cc2)cc1F. The number of carbonyl (C=O) groups is 2. The quantitative estimate of drug-likeness (QED) is 0.608. The van der Waals surface area contributed by atoms with Crippen molar-refractivity contribution >= 4 is 35.2 Å². The van der Waals surface area contributed by atoms with Gasteiger partial charge in [0.25, 0.3) is 5.91 Å². The third-order valence-corrected chi connectivity index (χ3v) is 3.61. The van der Waals surface area contributed by atoms with Gasteiger partial charge in [-0.1, -0.05) is 17.7 Å². The first-order valence-electron chi connectivity index (χ1n) is 7.67. The highest BCUT2D eigenvalue weighted by molar-refractivity contribution is 6.30. The number of anilines is 1. The molecular formula is C19H17ClFNO4. The maximum absolute atomic E-state index is 13.6. The summed E-state index contributed by atoms with van der Waals surface area (Å²) >= 11 is 5.77. The van der Waals surface area contributed by atoms with E-state index in [0.717, 1.165) is 6.08 Å². The molecule has 136 valence electrons. The Hall–Kier alpha value is -2.86. The molecule has 5 nitrogen and oxygen atoms in total. The van der Waals surface area contributed by atoms with Gasteiger partial charge in [-0.3, -0.25) is 4.79 Å². The summed E-state index contributed by atoms with van der Waals surface area (Å²) in [6, 6.07) is 10.8. The van der Waals surface area contributed by atoms with Gasteiger partial charge < -0.3 is 14.8 Å². The fourth-order valence-corrected chi connectivity index (χ4v) is 2.12. The predicted octanol–water partition coefficient (Wildman–Crippen LogP) is 4.07. The van der Waals surface area contributed by atoms with Gasteiger partial charge in [0.05, 0.1) is 7.11 Å². The average Bonchev–Trinajstić information content (AvgIpc) is 2.62. The molecule has 2 aromatic carbocycles. The lowest BCUT2D eigenvalue weighted by molar-refractivity contribution is -0.148. The van der Waals surface area contributed by atoms with Gasteiger partial charge in [-0.2, -0.15) is 0 Å². The van der Waals surface area contributed by atoms with E-state index in [2.05, 4.69) is 5.32 Å². The Morgan fingerprint density at radius 2 is 1.88 bits per heavy atom. The van der Waals surface area contributed by atoms with E-state index in [1.807, 2.05) is 0 Å². The van der Waals surface area contributed by atoms with Crippen LogP contribution in [0.25, 0.3) is 6.08 Å². The second kappa shape index (κ2) is 9.01. The van der Waals surface area contributed by atoms with Crippen LogP contribution in [0.15, 0.2) is 48.5 Å². The topological polar surface area (TPSA) is 64.6 Å². The second-order valence-electron chi connectivity index (χ2n) is 5.30. The maximum atomic E-state index is 13.6. The molecular weight excluding hydrogens is 361 g/mol. The van der Waals surface area contributed by atoms with Crippen molar-refractivity contribution in [1.29, 1.82) is 0 Å². The number of rotatable bonds is 6. The van der Waals surface area contributed by atoms with Crippen molar-refractivity contribution in [3.8, 4) is 5.75 Å². The van der Waals surface area contributed by atoms with Crippen LogP contribution in [-0.4, -0.2) is 25.1 Å². The summed E-state index contributed by atoms with van der Waals surface area (Å²) in [7, 11) is 1.36. The molecule has 1 N–H and O–H groups in total. The molecule has 0 aliphatic heterocycles. The van der Waals surface area contributed by atoms with Crippen LogP contribution in [-0.2, 0) is 14.3 Å². The fourth-order valence-electron chi connectivity index (χ4n) is 1.99. The van der Waals surface area contributed by atoms with Gasteiger partial charge in [-0.25, -0.2) is 9.18 Å². The molecule has 0 heterocycles. The molecule has 0 fully saturated rings. The molecule has 0 saturated heterocycles. The molecule has 0 bridgehead atoms. The monoisotopic (exact) mass is 377 g/mol. The number of carbonyl (C=O) groups excluding carboxylic acids is 2. The van der Waals surface area contributed by atoms with Gasteiger partial charge in [0, 0.05) is 16.8 Å². The van der Waals surface area contributed by atoms with E-state index >= 15 is 0 Å². The van der Waals surface area contributed by atoms with E-state index < -0.39 is 23.8 Å². The molecule has 0 aliphatic rings. The number of nitrogens with one attached hydrogen (secondary N) is 1. The zero-order valence-electron chi connectivity index (χ0n) is 14.2. The molecule has 0 aliphatic carbocycles. The Bertz CT molecular complexity index is 821. The van der Waals surface area contributed by atoms with Gasteiger partial charge in [0.15, 0.2) is 17.7 Å². The molecule has 2 rings (SSSR count). The van der Waals surface area contributed by atoms with E-state index in [-0.39, 0.29) is 5.75 Å². The highest BCUT2D eigenvalue weighted by atomic mass is 35.5. The maximum Gasteiger partial charge on any atom is 0.331 e. The third kappa shape index (κ3) is 5.60. The molecule has 0 unspecified atom stereocenters. The van der Waals surface area contributed by atoms with Crippen molar-refractivity contribution in [1.82, 2.24) is 0 Å². The van der Waals surface area contributed by atoms with Gasteiger partial charge in [-0.05, 0) is 55.0 Å². The summed E-state index contributed by atoms with van der Waals surface area (Å²) in [5, 5.41) is 3.15. The Kier molecular flexibility index (Phi) is 6.74. The lowest BCUT2D eigenvalue weighted by Crippen LogP contribution is -2.29. The minimum absolute atomic E-state index is 0.109. The Balaban J connectivity index is 1.90. The summed E-state index contributed by atoms with van der Waals surface area (Å²) in [4.78, 5) is 23.8. The second-order valence-corrected chi connectivity index (χ2v) is 5.74. The van der Waals surface area contributed by atoms with E-state index in [1.165, 1.54) is 32.2 Å². The molecule has 0 saturated carbocycles. The van der Waals surface area contributed by atoms with Crippen LogP contribution in [0, 0.1) is 5.82 Å². The van der Waals surface area contributed by atoms with Crippen LogP contribution in [0.1, 0.15) is 12.5 Å². The van der Waals surface area contributed by atoms with Crippen molar-refractivity contribution in [3.05, 3.63) is 64.9 Å². The van der Waals surface area contributed by atoms with Crippen LogP contribution in [0.4, 0.5) is 10.1 Å². The summed E-state index contributed by atoms with van der Waals surface area (Å²) < 4.78 is 23.4. The summed E-state index contributed by atoms with van der Waals surface area (Å²) in [6.07, 6.45) is 1.50. The smallest absolute Gasteiger partial charge is 0.331 e. The van der Waals surface area contributed by atoms with Gasteiger partial charge in [-0.15, -0.1) is 0 Å². The average molecular weight is 378 g/mol. The third-order valence-electron chi connectivity index (χ3n) is 3.36. The number of ether oxygens (including phenoxy) is 2.